The molecule has 3 aliphatic heterocycles. The molecule has 6 heteroatoms. The molecule has 130 valence electrons. The smallest absolute Gasteiger partial charge is 0.263 e. The number of fused-ring (bicyclic) bond motifs is 2. The Morgan fingerprint density at radius 1 is 1.12 bits per heavy atom. The van der Waals surface area contributed by atoms with Crippen molar-refractivity contribution < 1.29 is 9.53 Å². The van der Waals surface area contributed by atoms with Crippen LogP contribution in [-0.4, -0.2) is 44.8 Å². The summed E-state index contributed by atoms with van der Waals surface area (Å²) in [6, 6.07) is 7.94. The third-order valence-corrected chi connectivity index (χ3v) is 5.73. The lowest BCUT2D eigenvalue weighted by Gasteiger charge is -2.32. The van der Waals surface area contributed by atoms with E-state index in [1.165, 1.54) is 6.42 Å². The normalized spacial score (nSPS) is 22.6. The minimum absolute atomic E-state index is 0.126. The first-order valence-electron chi connectivity index (χ1n) is 9.25. The van der Waals surface area contributed by atoms with Gasteiger partial charge in [-0.05, 0) is 30.9 Å². The fraction of sp³-hybridized carbons (Fsp3) is 0.526. The molecule has 3 aliphatic rings. The lowest BCUT2D eigenvalue weighted by molar-refractivity contribution is -0.139. The Labute approximate surface area is 146 Å². The van der Waals surface area contributed by atoms with Crippen molar-refractivity contribution in [2.24, 2.45) is 0 Å². The number of para-hydroxylation sites is 1. The Balaban J connectivity index is 1.23. The number of aryl methyl sites for hydroxylation is 1. The molecule has 4 heterocycles. The molecule has 5 rings (SSSR count). The number of aromatic nitrogens is 3. The number of nitrogens with zero attached hydrogens (tertiary/aromatic N) is 4. The molecule has 1 aromatic heterocycles. The largest absolute Gasteiger partial charge is 0.480 e. The Bertz CT molecular complexity index is 783. The summed E-state index contributed by atoms with van der Waals surface area (Å²) in [5.74, 6) is 3.66. The van der Waals surface area contributed by atoms with Gasteiger partial charge in [-0.1, -0.05) is 18.2 Å². The van der Waals surface area contributed by atoms with E-state index < -0.39 is 0 Å². The van der Waals surface area contributed by atoms with Crippen molar-refractivity contribution in [2.45, 2.75) is 50.7 Å². The second-order valence-electron chi connectivity index (χ2n) is 7.25. The first-order valence-corrected chi connectivity index (χ1v) is 9.25. The van der Waals surface area contributed by atoms with Gasteiger partial charge in [0.15, 0.2) is 6.10 Å². The minimum Gasteiger partial charge on any atom is -0.480 e. The van der Waals surface area contributed by atoms with Crippen LogP contribution in [0.15, 0.2) is 24.3 Å². The van der Waals surface area contributed by atoms with Crippen LogP contribution in [-0.2, 0) is 24.2 Å². The molecule has 0 bridgehead atoms. The van der Waals surface area contributed by atoms with Gasteiger partial charge >= 0.3 is 0 Å². The van der Waals surface area contributed by atoms with Gasteiger partial charge in [-0.3, -0.25) is 4.79 Å². The quantitative estimate of drug-likeness (QED) is 0.839. The van der Waals surface area contributed by atoms with Gasteiger partial charge in [0.1, 0.15) is 17.4 Å². The van der Waals surface area contributed by atoms with Gasteiger partial charge in [0.2, 0.25) is 0 Å². The highest BCUT2D eigenvalue weighted by Crippen LogP contribution is 2.32. The van der Waals surface area contributed by atoms with Crippen LogP contribution in [0.1, 0.15) is 42.4 Å². The Morgan fingerprint density at radius 3 is 2.80 bits per heavy atom. The number of hydrogen-bond donors (Lipinski definition) is 0. The summed E-state index contributed by atoms with van der Waals surface area (Å²) in [5.41, 5.74) is 1.13. The van der Waals surface area contributed by atoms with Crippen LogP contribution in [0.5, 0.6) is 5.75 Å². The molecule has 0 radical (unpaired) electrons. The second-order valence-corrected chi connectivity index (χ2v) is 7.25. The second kappa shape index (κ2) is 5.86. The maximum atomic E-state index is 12.8. The summed E-state index contributed by atoms with van der Waals surface area (Å²) in [4.78, 5) is 14.8. The van der Waals surface area contributed by atoms with E-state index in [4.69, 9.17) is 4.74 Å². The number of ether oxygens (including phenoxy) is 1. The topological polar surface area (TPSA) is 60.2 Å². The predicted molar refractivity (Wildman–Crippen MR) is 91.5 cm³/mol. The van der Waals surface area contributed by atoms with Crippen molar-refractivity contribution in [3.63, 3.8) is 0 Å². The monoisotopic (exact) mass is 338 g/mol. The van der Waals surface area contributed by atoms with Gasteiger partial charge in [-0.15, -0.1) is 10.2 Å². The molecule has 25 heavy (non-hydrogen) atoms. The van der Waals surface area contributed by atoms with Crippen molar-refractivity contribution in [3.8, 4) is 5.75 Å². The maximum absolute atomic E-state index is 12.8. The molecule has 0 unspecified atom stereocenters. The highest BCUT2D eigenvalue weighted by atomic mass is 16.5. The zero-order chi connectivity index (χ0) is 16.8. The highest BCUT2D eigenvalue weighted by Gasteiger charge is 2.35. The summed E-state index contributed by atoms with van der Waals surface area (Å²) in [6.45, 7) is 2.61. The first-order chi connectivity index (χ1) is 12.3. The van der Waals surface area contributed by atoms with Crippen LogP contribution >= 0.6 is 0 Å². The van der Waals surface area contributed by atoms with E-state index in [2.05, 4.69) is 14.8 Å². The lowest BCUT2D eigenvalue weighted by Crippen LogP contribution is -2.45. The van der Waals surface area contributed by atoms with E-state index >= 15 is 0 Å². The van der Waals surface area contributed by atoms with Crippen LogP contribution in [0.3, 0.4) is 0 Å². The lowest BCUT2D eigenvalue weighted by atomic mass is 9.95. The van der Waals surface area contributed by atoms with Crippen LogP contribution in [0, 0.1) is 0 Å². The Kier molecular flexibility index (Phi) is 3.50. The van der Waals surface area contributed by atoms with Crippen molar-refractivity contribution in [3.05, 3.63) is 41.5 Å². The SMILES string of the molecule is O=C([C@@H]1Cc2ccccc2O1)N1CCC(c2nnc3n2CCC3)CC1. The van der Waals surface area contributed by atoms with Gasteiger partial charge in [0, 0.05) is 38.4 Å². The van der Waals surface area contributed by atoms with Crippen molar-refractivity contribution in [1.82, 2.24) is 19.7 Å². The van der Waals surface area contributed by atoms with Crippen LogP contribution in [0.4, 0.5) is 0 Å². The van der Waals surface area contributed by atoms with Gasteiger partial charge < -0.3 is 14.2 Å². The molecule has 0 N–H and O–H groups in total. The number of hydrogen-bond acceptors (Lipinski definition) is 4. The molecular formula is C19H22N4O2. The molecule has 1 fully saturated rings. The minimum atomic E-state index is -0.355. The van der Waals surface area contributed by atoms with E-state index in [0.717, 1.165) is 61.9 Å². The van der Waals surface area contributed by atoms with Gasteiger partial charge in [0.05, 0.1) is 0 Å². The van der Waals surface area contributed by atoms with Gasteiger partial charge in [-0.25, -0.2) is 0 Å². The van der Waals surface area contributed by atoms with Crippen LogP contribution in [0.2, 0.25) is 0 Å². The third-order valence-electron chi connectivity index (χ3n) is 5.73. The first kappa shape index (κ1) is 14.9. The fourth-order valence-corrected chi connectivity index (χ4v) is 4.36. The number of carbonyl (C=O) groups is 1. The third kappa shape index (κ3) is 2.51. The molecule has 6 nitrogen and oxygen atoms in total. The number of carbonyl (C=O) groups excluding carboxylic acids is 1. The molecule has 1 aromatic carbocycles. The number of amides is 1. The summed E-state index contributed by atoms with van der Waals surface area (Å²) in [6.07, 6.45) is 4.48. The van der Waals surface area contributed by atoms with Crippen LogP contribution in [0.25, 0.3) is 0 Å². The summed E-state index contributed by atoms with van der Waals surface area (Å²) in [5, 5.41) is 8.75. The number of likely N-dealkylation sites (tertiary alicyclic amines) is 1. The van der Waals surface area contributed by atoms with E-state index in [0.29, 0.717) is 12.3 Å². The van der Waals surface area contributed by atoms with Crippen molar-refractivity contribution in [2.75, 3.05) is 13.1 Å². The summed E-state index contributed by atoms with van der Waals surface area (Å²) >= 11 is 0. The highest BCUT2D eigenvalue weighted by molar-refractivity contribution is 5.82. The van der Waals surface area contributed by atoms with E-state index in [1.54, 1.807) is 0 Å². The average molecular weight is 338 g/mol. The van der Waals surface area contributed by atoms with E-state index in [9.17, 15) is 4.79 Å². The zero-order valence-electron chi connectivity index (χ0n) is 14.2. The summed E-state index contributed by atoms with van der Waals surface area (Å²) < 4.78 is 8.15. The fourth-order valence-electron chi connectivity index (χ4n) is 4.36. The Morgan fingerprint density at radius 2 is 1.96 bits per heavy atom. The molecule has 1 atom stereocenters. The molecular weight excluding hydrogens is 316 g/mol. The Hall–Kier alpha value is -2.37. The van der Waals surface area contributed by atoms with Crippen LogP contribution < -0.4 is 4.74 Å². The van der Waals surface area contributed by atoms with Gasteiger partial charge in [-0.2, -0.15) is 0 Å². The van der Waals surface area contributed by atoms with E-state index in [1.807, 2.05) is 29.2 Å². The standard InChI is InChI=1S/C19H22N4O2/c24-19(16-12-14-4-1-2-5-15(14)25-16)22-10-7-13(8-11-22)18-21-20-17-6-3-9-23(17)18/h1-2,4-5,13,16H,3,6-12H2/t16-/m0/s1. The molecule has 0 spiro atoms. The summed E-state index contributed by atoms with van der Waals surface area (Å²) in [7, 11) is 0. The molecule has 2 aromatic rings. The van der Waals surface area contributed by atoms with Crippen molar-refractivity contribution in [1.29, 1.82) is 0 Å². The average Bonchev–Trinajstić information content (AvgIpc) is 3.36. The number of rotatable bonds is 2. The zero-order valence-corrected chi connectivity index (χ0v) is 14.2. The predicted octanol–water partition coefficient (Wildman–Crippen LogP) is 1.93. The molecule has 0 aliphatic carbocycles. The number of piperidine rings is 1. The van der Waals surface area contributed by atoms with Gasteiger partial charge in [0.25, 0.3) is 5.91 Å². The molecule has 1 amide bonds. The molecule has 1 saturated heterocycles. The van der Waals surface area contributed by atoms with E-state index in [-0.39, 0.29) is 12.0 Å². The maximum Gasteiger partial charge on any atom is 0.263 e. The van der Waals surface area contributed by atoms with Crippen molar-refractivity contribution >= 4 is 5.91 Å². The molecule has 0 saturated carbocycles. The number of benzene rings is 1.